The van der Waals surface area contributed by atoms with E-state index in [2.05, 4.69) is 12.1 Å². The van der Waals surface area contributed by atoms with Crippen molar-refractivity contribution in [3.05, 3.63) is 35.9 Å². The Hall–Kier alpha value is -0.940. The minimum absolute atomic E-state index is 0.0171. The van der Waals surface area contributed by atoms with E-state index in [1.807, 2.05) is 18.2 Å². The standard InChI is InChI=1S/C17H26O4/c1-2-7-16(8-3-1)15-19-11-6-10-18-13-14-21-17-9-4-5-12-20-17/h1-3,7-8,17H,4-6,9-15H2/t17-/m1/s1. The molecule has 0 aromatic heterocycles. The Balaban J connectivity index is 1.35. The monoisotopic (exact) mass is 294 g/mol. The van der Waals surface area contributed by atoms with Crippen LogP contribution in [-0.4, -0.2) is 39.3 Å². The number of ether oxygens (including phenoxy) is 4. The van der Waals surface area contributed by atoms with Gasteiger partial charge in [0.25, 0.3) is 0 Å². The fourth-order valence-electron chi connectivity index (χ4n) is 2.21. The van der Waals surface area contributed by atoms with Crippen molar-refractivity contribution in [1.82, 2.24) is 0 Å². The molecule has 4 heteroatoms. The van der Waals surface area contributed by atoms with Gasteiger partial charge in [-0.1, -0.05) is 30.3 Å². The molecule has 0 aliphatic carbocycles. The second kappa shape index (κ2) is 10.7. The summed E-state index contributed by atoms with van der Waals surface area (Å²) >= 11 is 0. The van der Waals surface area contributed by atoms with Crippen LogP contribution >= 0.6 is 0 Å². The van der Waals surface area contributed by atoms with Crippen molar-refractivity contribution in [1.29, 1.82) is 0 Å². The molecule has 0 unspecified atom stereocenters. The van der Waals surface area contributed by atoms with Crippen LogP contribution in [-0.2, 0) is 25.6 Å². The lowest BCUT2D eigenvalue weighted by Crippen LogP contribution is -2.24. The Morgan fingerprint density at radius 3 is 2.62 bits per heavy atom. The predicted octanol–water partition coefficient (Wildman–Crippen LogP) is 3.15. The average Bonchev–Trinajstić information content (AvgIpc) is 2.55. The summed E-state index contributed by atoms with van der Waals surface area (Å²) in [6.07, 6.45) is 4.25. The van der Waals surface area contributed by atoms with Gasteiger partial charge in [-0.25, -0.2) is 0 Å². The predicted molar refractivity (Wildman–Crippen MR) is 81.1 cm³/mol. The summed E-state index contributed by atoms with van der Waals surface area (Å²) in [5, 5.41) is 0. The average molecular weight is 294 g/mol. The van der Waals surface area contributed by atoms with Gasteiger partial charge in [0.1, 0.15) is 0 Å². The van der Waals surface area contributed by atoms with Crippen molar-refractivity contribution in [3.63, 3.8) is 0 Å². The Morgan fingerprint density at radius 2 is 1.81 bits per heavy atom. The highest BCUT2D eigenvalue weighted by Gasteiger charge is 2.13. The molecular weight excluding hydrogens is 268 g/mol. The van der Waals surface area contributed by atoms with E-state index < -0.39 is 0 Å². The highest BCUT2D eigenvalue weighted by Crippen LogP contribution is 2.13. The fourth-order valence-corrected chi connectivity index (χ4v) is 2.21. The van der Waals surface area contributed by atoms with Crippen LogP contribution in [0.3, 0.4) is 0 Å². The SMILES string of the molecule is c1ccc(COCCCOCCO[C@@H]2CCCCO2)cc1. The zero-order valence-electron chi connectivity index (χ0n) is 12.7. The molecule has 1 aromatic rings. The summed E-state index contributed by atoms with van der Waals surface area (Å²) in [6, 6.07) is 10.2. The van der Waals surface area contributed by atoms with Gasteiger partial charge in [-0.2, -0.15) is 0 Å². The summed E-state index contributed by atoms with van der Waals surface area (Å²) in [6.45, 7) is 4.16. The molecule has 1 heterocycles. The van der Waals surface area contributed by atoms with E-state index in [9.17, 15) is 0 Å². The first-order chi connectivity index (χ1) is 10.4. The molecule has 0 N–H and O–H groups in total. The van der Waals surface area contributed by atoms with Gasteiger partial charge in [-0.15, -0.1) is 0 Å². The van der Waals surface area contributed by atoms with Crippen molar-refractivity contribution in [2.75, 3.05) is 33.0 Å². The van der Waals surface area contributed by atoms with E-state index in [0.29, 0.717) is 26.4 Å². The van der Waals surface area contributed by atoms with Gasteiger partial charge in [0.15, 0.2) is 6.29 Å². The van der Waals surface area contributed by atoms with E-state index in [1.54, 1.807) is 0 Å². The van der Waals surface area contributed by atoms with Gasteiger partial charge in [0, 0.05) is 19.8 Å². The Bertz CT molecular complexity index is 349. The van der Waals surface area contributed by atoms with Gasteiger partial charge in [0.05, 0.1) is 19.8 Å². The second-order valence-corrected chi connectivity index (χ2v) is 5.17. The summed E-state index contributed by atoms with van der Waals surface area (Å²) in [5.74, 6) is 0. The molecule has 0 bridgehead atoms. The lowest BCUT2D eigenvalue weighted by molar-refractivity contribution is -0.169. The molecule has 21 heavy (non-hydrogen) atoms. The van der Waals surface area contributed by atoms with E-state index >= 15 is 0 Å². The van der Waals surface area contributed by atoms with Crippen LogP contribution in [0.5, 0.6) is 0 Å². The van der Waals surface area contributed by atoms with Crippen molar-refractivity contribution in [2.24, 2.45) is 0 Å². The maximum Gasteiger partial charge on any atom is 0.157 e. The largest absolute Gasteiger partial charge is 0.379 e. The number of benzene rings is 1. The maximum absolute atomic E-state index is 5.59. The molecule has 0 amide bonds. The molecular formula is C17H26O4. The topological polar surface area (TPSA) is 36.9 Å². The molecule has 1 fully saturated rings. The van der Waals surface area contributed by atoms with Crippen molar-refractivity contribution in [2.45, 2.75) is 38.6 Å². The first-order valence-electron chi connectivity index (χ1n) is 7.88. The highest BCUT2D eigenvalue weighted by molar-refractivity contribution is 5.13. The van der Waals surface area contributed by atoms with Crippen LogP contribution in [0.4, 0.5) is 0 Å². The third kappa shape index (κ3) is 7.58. The Labute approximate surface area is 127 Å². The van der Waals surface area contributed by atoms with Crippen LogP contribution in [0.1, 0.15) is 31.2 Å². The van der Waals surface area contributed by atoms with Gasteiger partial charge in [-0.3, -0.25) is 0 Å². The van der Waals surface area contributed by atoms with Crippen LogP contribution in [0.15, 0.2) is 30.3 Å². The third-order valence-corrected chi connectivity index (χ3v) is 3.36. The smallest absolute Gasteiger partial charge is 0.157 e. The number of hydrogen-bond donors (Lipinski definition) is 0. The second-order valence-electron chi connectivity index (χ2n) is 5.17. The van der Waals surface area contributed by atoms with Crippen molar-refractivity contribution in [3.8, 4) is 0 Å². The minimum atomic E-state index is -0.0171. The first kappa shape index (κ1) is 16.4. The van der Waals surface area contributed by atoms with Crippen molar-refractivity contribution < 1.29 is 18.9 Å². The molecule has 1 atom stereocenters. The summed E-state index contributed by atoms with van der Waals surface area (Å²) in [7, 11) is 0. The third-order valence-electron chi connectivity index (χ3n) is 3.36. The van der Waals surface area contributed by atoms with E-state index in [-0.39, 0.29) is 6.29 Å². The van der Waals surface area contributed by atoms with Crippen LogP contribution < -0.4 is 0 Å². The van der Waals surface area contributed by atoms with Gasteiger partial charge < -0.3 is 18.9 Å². The molecule has 1 aliphatic rings. The zero-order valence-corrected chi connectivity index (χ0v) is 12.7. The van der Waals surface area contributed by atoms with E-state index in [4.69, 9.17) is 18.9 Å². The van der Waals surface area contributed by atoms with Crippen molar-refractivity contribution >= 4 is 0 Å². The number of rotatable bonds is 10. The molecule has 2 rings (SSSR count). The van der Waals surface area contributed by atoms with Gasteiger partial charge in [0.2, 0.25) is 0 Å². The normalized spacial score (nSPS) is 18.8. The minimum Gasteiger partial charge on any atom is -0.379 e. The molecule has 0 radical (unpaired) electrons. The van der Waals surface area contributed by atoms with E-state index in [1.165, 1.54) is 12.0 Å². The summed E-state index contributed by atoms with van der Waals surface area (Å²) in [5.41, 5.74) is 1.21. The molecule has 118 valence electrons. The first-order valence-corrected chi connectivity index (χ1v) is 7.88. The lowest BCUT2D eigenvalue weighted by atomic mass is 10.2. The summed E-state index contributed by atoms with van der Waals surface area (Å²) < 4.78 is 22.2. The molecule has 1 aromatic carbocycles. The van der Waals surface area contributed by atoms with Crippen LogP contribution in [0.2, 0.25) is 0 Å². The van der Waals surface area contributed by atoms with Crippen LogP contribution in [0.25, 0.3) is 0 Å². The molecule has 1 saturated heterocycles. The Morgan fingerprint density at radius 1 is 0.952 bits per heavy atom. The lowest BCUT2D eigenvalue weighted by Gasteiger charge is -2.22. The molecule has 0 saturated carbocycles. The zero-order chi connectivity index (χ0) is 14.6. The molecule has 1 aliphatic heterocycles. The van der Waals surface area contributed by atoms with Gasteiger partial charge in [-0.05, 0) is 31.2 Å². The summed E-state index contributed by atoms with van der Waals surface area (Å²) in [4.78, 5) is 0. The fraction of sp³-hybridized carbons (Fsp3) is 0.647. The number of hydrogen-bond acceptors (Lipinski definition) is 4. The van der Waals surface area contributed by atoms with E-state index in [0.717, 1.165) is 32.5 Å². The van der Waals surface area contributed by atoms with Gasteiger partial charge >= 0.3 is 0 Å². The maximum atomic E-state index is 5.59. The molecule has 0 spiro atoms. The quantitative estimate of drug-likeness (QED) is 0.621. The molecule has 4 nitrogen and oxygen atoms in total. The highest BCUT2D eigenvalue weighted by atomic mass is 16.7. The van der Waals surface area contributed by atoms with Crippen LogP contribution in [0, 0.1) is 0 Å². The Kier molecular flexibility index (Phi) is 8.40.